The van der Waals surface area contributed by atoms with E-state index in [-0.39, 0.29) is 6.10 Å². The summed E-state index contributed by atoms with van der Waals surface area (Å²) in [4.78, 5) is 0. The summed E-state index contributed by atoms with van der Waals surface area (Å²) in [6, 6.07) is 10.5. The van der Waals surface area contributed by atoms with Crippen molar-refractivity contribution in [1.29, 1.82) is 0 Å². The molecule has 2 nitrogen and oxygen atoms in total. The molecule has 1 fully saturated rings. The van der Waals surface area contributed by atoms with Gasteiger partial charge in [-0.3, -0.25) is 0 Å². The van der Waals surface area contributed by atoms with Gasteiger partial charge in [-0.15, -0.1) is 0 Å². The van der Waals surface area contributed by atoms with E-state index in [1.54, 1.807) is 0 Å². The van der Waals surface area contributed by atoms with Crippen molar-refractivity contribution in [2.75, 3.05) is 13.1 Å². The Bertz CT molecular complexity index is 280. The van der Waals surface area contributed by atoms with Gasteiger partial charge in [-0.05, 0) is 24.9 Å². The molecule has 1 aromatic rings. The lowest BCUT2D eigenvalue weighted by atomic mass is 10.1. The lowest BCUT2D eigenvalue weighted by molar-refractivity contribution is -0.00447. The van der Waals surface area contributed by atoms with E-state index in [0.29, 0.717) is 6.10 Å². The molecule has 1 aromatic carbocycles. The van der Waals surface area contributed by atoms with E-state index in [4.69, 9.17) is 4.74 Å². The molecule has 2 rings (SSSR count). The lowest BCUT2D eigenvalue weighted by Crippen LogP contribution is -2.19. The Kier molecular flexibility index (Phi) is 3.75. The molecule has 1 heterocycles. The highest BCUT2D eigenvalue weighted by molar-refractivity contribution is 5.17. The molecule has 0 amide bonds. The Hall–Kier alpha value is -0.860. The Balaban J connectivity index is 1.97. The number of hydrogen-bond donors (Lipinski definition) is 1. The smallest absolute Gasteiger partial charge is 0.0826 e. The van der Waals surface area contributed by atoms with Gasteiger partial charge in [-0.2, -0.15) is 0 Å². The van der Waals surface area contributed by atoms with Crippen LogP contribution in [-0.2, 0) is 4.74 Å². The first-order valence-electron chi connectivity index (χ1n) is 5.81. The number of hydrogen-bond acceptors (Lipinski definition) is 2. The zero-order valence-electron chi connectivity index (χ0n) is 9.28. The number of ether oxygens (including phenoxy) is 1. The fourth-order valence-electron chi connectivity index (χ4n) is 2.05. The highest BCUT2D eigenvalue weighted by Gasteiger charge is 2.19. The first-order chi connectivity index (χ1) is 7.40. The van der Waals surface area contributed by atoms with Crippen molar-refractivity contribution >= 4 is 0 Å². The van der Waals surface area contributed by atoms with Gasteiger partial charge in [0.2, 0.25) is 0 Å². The monoisotopic (exact) mass is 205 g/mol. The second-order valence-electron chi connectivity index (χ2n) is 4.06. The van der Waals surface area contributed by atoms with Crippen molar-refractivity contribution in [3.8, 4) is 0 Å². The fraction of sp³-hybridized carbons (Fsp3) is 0.538. The van der Waals surface area contributed by atoms with E-state index in [1.165, 1.54) is 5.56 Å². The van der Waals surface area contributed by atoms with Crippen molar-refractivity contribution in [2.45, 2.75) is 32.0 Å². The third-order valence-electron chi connectivity index (χ3n) is 2.91. The normalized spacial score (nSPS) is 22.9. The molecule has 2 unspecified atom stereocenters. The van der Waals surface area contributed by atoms with Crippen LogP contribution in [0.25, 0.3) is 0 Å². The maximum atomic E-state index is 6.08. The van der Waals surface area contributed by atoms with Crippen molar-refractivity contribution in [3.63, 3.8) is 0 Å². The minimum absolute atomic E-state index is 0.260. The summed E-state index contributed by atoms with van der Waals surface area (Å²) < 4.78 is 6.08. The third-order valence-corrected chi connectivity index (χ3v) is 2.91. The zero-order chi connectivity index (χ0) is 10.5. The largest absolute Gasteiger partial charge is 0.369 e. The van der Waals surface area contributed by atoms with Crippen molar-refractivity contribution in [2.24, 2.45) is 0 Å². The van der Waals surface area contributed by atoms with E-state index < -0.39 is 0 Å². The van der Waals surface area contributed by atoms with Gasteiger partial charge >= 0.3 is 0 Å². The third kappa shape index (κ3) is 2.80. The molecule has 0 saturated carbocycles. The molecular formula is C13H19NO. The SMILES string of the molecule is CCC(OC1CCNC1)c1ccccc1. The van der Waals surface area contributed by atoms with Crippen LogP contribution >= 0.6 is 0 Å². The molecule has 82 valence electrons. The Morgan fingerprint density at radius 1 is 1.40 bits per heavy atom. The van der Waals surface area contributed by atoms with Gasteiger partial charge in [0, 0.05) is 6.54 Å². The number of benzene rings is 1. The molecule has 0 aliphatic carbocycles. The summed E-state index contributed by atoms with van der Waals surface area (Å²) in [5.41, 5.74) is 1.30. The first kappa shape index (κ1) is 10.7. The average molecular weight is 205 g/mol. The second-order valence-corrected chi connectivity index (χ2v) is 4.06. The maximum absolute atomic E-state index is 6.08. The van der Waals surface area contributed by atoms with Crippen molar-refractivity contribution in [3.05, 3.63) is 35.9 Å². The maximum Gasteiger partial charge on any atom is 0.0826 e. The summed E-state index contributed by atoms with van der Waals surface area (Å²) in [5, 5.41) is 3.33. The van der Waals surface area contributed by atoms with E-state index in [2.05, 4.69) is 36.5 Å². The van der Waals surface area contributed by atoms with E-state index in [1.807, 2.05) is 6.07 Å². The topological polar surface area (TPSA) is 21.3 Å². The first-order valence-corrected chi connectivity index (χ1v) is 5.81. The highest BCUT2D eigenvalue weighted by atomic mass is 16.5. The standard InChI is InChI=1S/C13H19NO/c1-2-13(11-6-4-3-5-7-11)15-12-8-9-14-10-12/h3-7,12-14H,2,8-10H2,1H3. The van der Waals surface area contributed by atoms with Crippen LogP contribution in [-0.4, -0.2) is 19.2 Å². The van der Waals surface area contributed by atoms with Crippen LogP contribution in [0, 0.1) is 0 Å². The second kappa shape index (κ2) is 5.29. The van der Waals surface area contributed by atoms with Gasteiger partial charge in [0.05, 0.1) is 12.2 Å². The lowest BCUT2D eigenvalue weighted by Gasteiger charge is -2.20. The molecule has 2 heteroatoms. The zero-order valence-corrected chi connectivity index (χ0v) is 9.28. The summed E-state index contributed by atoms with van der Waals surface area (Å²) in [7, 11) is 0. The molecule has 1 saturated heterocycles. The number of nitrogens with one attached hydrogen (secondary N) is 1. The summed E-state index contributed by atoms with van der Waals surface area (Å²) in [5.74, 6) is 0. The molecule has 1 aliphatic heterocycles. The minimum Gasteiger partial charge on any atom is -0.369 e. The predicted octanol–water partition coefficient (Wildman–Crippen LogP) is 2.52. The summed E-state index contributed by atoms with van der Waals surface area (Å²) >= 11 is 0. The van der Waals surface area contributed by atoms with Crippen molar-refractivity contribution < 1.29 is 4.74 Å². The Labute approximate surface area is 91.6 Å². The predicted molar refractivity (Wildman–Crippen MR) is 61.8 cm³/mol. The summed E-state index contributed by atoms with van der Waals surface area (Å²) in [6.07, 6.45) is 2.84. The van der Waals surface area contributed by atoms with E-state index in [0.717, 1.165) is 25.9 Å². The van der Waals surface area contributed by atoms with Crippen LogP contribution < -0.4 is 5.32 Å². The quantitative estimate of drug-likeness (QED) is 0.815. The average Bonchev–Trinajstić information content (AvgIpc) is 2.80. The van der Waals surface area contributed by atoms with Gasteiger partial charge in [0.15, 0.2) is 0 Å². The van der Waals surface area contributed by atoms with Crippen LogP contribution in [0.1, 0.15) is 31.4 Å². The number of rotatable bonds is 4. The van der Waals surface area contributed by atoms with Crippen molar-refractivity contribution in [1.82, 2.24) is 5.32 Å². The van der Waals surface area contributed by atoms with Gasteiger partial charge in [0.1, 0.15) is 0 Å². The van der Waals surface area contributed by atoms with Crippen LogP contribution in [0.15, 0.2) is 30.3 Å². The van der Waals surface area contributed by atoms with Crippen LogP contribution in [0.2, 0.25) is 0 Å². The molecule has 0 aromatic heterocycles. The molecule has 1 N–H and O–H groups in total. The molecule has 0 spiro atoms. The Morgan fingerprint density at radius 3 is 2.80 bits per heavy atom. The molecular weight excluding hydrogens is 186 g/mol. The molecule has 2 atom stereocenters. The van der Waals surface area contributed by atoms with Crippen LogP contribution in [0.3, 0.4) is 0 Å². The van der Waals surface area contributed by atoms with Crippen LogP contribution in [0.4, 0.5) is 0 Å². The molecule has 15 heavy (non-hydrogen) atoms. The van der Waals surface area contributed by atoms with E-state index >= 15 is 0 Å². The minimum atomic E-state index is 0.260. The van der Waals surface area contributed by atoms with Gasteiger partial charge in [0.25, 0.3) is 0 Å². The summed E-state index contributed by atoms with van der Waals surface area (Å²) in [6.45, 7) is 4.28. The molecule has 1 aliphatic rings. The molecule has 0 radical (unpaired) electrons. The van der Waals surface area contributed by atoms with Gasteiger partial charge < -0.3 is 10.1 Å². The highest BCUT2D eigenvalue weighted by Crippen LogP contribution is 2.23. The fourth-order valence-corrected chi connectivity index (χ4v) is 2.05. The molecule has 0 bridgehead atoms. The Morgan fingerprint density at radius 2 is 2.20 bits per heavy atom. The van der Waals surface area contributed by atoms with Gasteiger partial charge in [-0.1, -0.05) is 37.3 Å². The van der Waals surface area contributed by atoms with Gasteiger partial charge in [-0.25, -0.2) is 0 Å². The van der Waals surface area contributed by atoms with E-state index in [9.17, 15) is 0 Å². The van der Waals surface area contributed by atoms with Crippen LogP contribution in [0.5, 0.6) is 0 Å².